The van der Waals surface area contributed by atoms with Crippen molar-refractivity contribution in [1.29, 1.82) is 0 Å². The minimum Gasteiger partial charge on any atom is -0.366 e. The maximum Gasteiger partial charge on any atom is 0.249 e. The molecule has 1 amide bonds. The van der Waals surface area contributed by atoms with Crippen molar-refractivity contribution in [3.63, 3.8) is 0 Å². The van der Waals surface area contributed by atoms with Gasteiger partial charge in [-0.05, 0) is 55.7 Å². The number of halogens is 2. The number of aromatic nitrogens is 3. The van der Waals surface area contributed by atoms with Crippen molar-refractivity contribution in [2.75, 3.05) is 10.2 Å². The molecule has 30 heavy (non-hydrogen) atoms. The molecule has 9 heteroatoms. The van der Waals surface area contributed by atoms with Crippen LogP contribution >= 0.6 is 0 Å². The van der Waals surface area contributed by atoms with Gasteiger partial charge in [0.2, 0.25) is 17.8 Å². The molecule has 3 N–H and O–H groups in total. The molecule has 1 aliphatic rings. The number of rotatable bonds is 5. The predicted molar refractivity (Wildman–Crippen MR) is 109 cm³/mol. The molecule has 0 saturated heterocycles. The second-order valence-electron chi connectivity index (χ2n) is 7.23. The first-order chi connectivity index (χ1) is 14.3. The number of hydrogen-bond acceptors (Lipinski definition) is 6. The van der Waals surface area contributed by atoms with E-state index in [0.29, 0.717) is 41.9 Å². The molecule has 0 saturated carbocycles. The third-order valence-corrected chi connectivity index (χ3v) is 4.95. The van der Waals surface area contributed by atoms with E-state index in [-0.39, 0.29) is 17.4 Å². The number of aryl methyl sites for hydroxylation is 1. The average Bonchev–Trinajstić information content (AvgIpc) is 3.00. The van der Waals surface area contributed by atoms with Gasteiger partial charge in [-0.3, -0.25) is 4.79 Å². The molecular weight excluding hydrogens is 390 g/mol. The fourth-order valence-electron chi connectivity index (χ4n) is 3.68. The Balaban J connectivity index is 1.68. The van der Waals surface area contributed by atoms with Crippen LogP contribution in [0.1, 0.15) is 34.2 Å². The first kappa shape index (κ1) is 19.7. The van der Waals surface area contributed by atoms with Crippen molar-refractivity contribution in [2.24, 2.45) is 5.73 Å². The number of hydrogen-bond donors (Lipinski definition) is 2. The molecule has 1 aliphatic heterocycles. The number of nitrogens with two attached hydrogens (primary N) is 1. The van der Waals surface area contributed by atoms with Crippen LogP contribution < -0.4 is 16.0 Å². The van der Waals surface area contributed by atoms with Crippen LogP contribution in [0.4, 0.5) is 26.4 Å². The van der Waals surface area contributed by atoms with E-state index in [4.69, 9.17) is 5.73 Å². The lowest BCUT2D eigenvalue weighted by Gasteiger charge is -2.23. The third-order valence-electron chi connectivity index (χ3n) is 4.95. The van der Waals surface area contributed by atoms with Crippen LogP contribution in [0.25, 0.3) is 0 Å². The van der Waals surface area contributed by atoms with E-state index in [2.05, 4.69) is 20.3 Å². The van der Waals surface area contributed by atoms with E-state index < -0.39 is 11.7 Å². The summed E-state index contributed by atoms with van der Waals surface area (Å²) in [7, 11) is 0. The second kappa shape index (κ2) is 7.66. The van der Waals surface area contributed by atoms with E-state index in [0.717, 1.165) is 11.6 Å². The summed E-state index contributed by atoms with van der Waals surface area (Å²) in [4.78, 5) is 26.7. The Morgan fingerprint density at radius 1 is 1.20 bits per heavy atom. The summed E-state index contributed by atoms with van der Waals surface area (Å²) in [5.41, 5.74) is 7.52. The largest absolute Gasteiger partial charge is 0.366 e. The molecule has 1 aromatic heterocycles. The minimum atomic E-state index is -0.677. The van der Waals surface area contributed by atoms with E-state index in [1.54, 1.807) is 24.0 Å². The highest BCUT2D eigenvalue weighted by atomic mass is 19.1. The summed E-state index contributed by atoms with van der Waals surface area (Å²) >= 11 is 0. The summed E-state index contributed by atoms with van der Waals surface area (Å²) in [6, 6.07) is 8.61. The number of benzene rings is 2. The maximum absolute atomic E-state index is 14.2. The highest BCUT2D eigenvalue weighted by Gasteiger charge is 2.33. The van der Waals surface area contributed by atoms with Crippen LogP contribution in [0, 0.1) is 18.6 Å². The van der Waals surface area contributed by atoms with Gasteiger partial charge < -0.3 is 16.0 Å². The molecule has 2 heterocycles. The molecular formula is C21H20F2N6O. The molecule has 0 fully saturated rings. The number of amides is 1. The van der Waals surface area contributed by atoms with Crippen molar-refractivity contribution >= 4 is 23.5 Å². The molecule has 154 valence electrons. The Bertz CT molecular complexity index is 1140. The van der Waals surface area contributed by atoms with Crippen LogP contribution in [0.15, 0.2) is 36.4 Å². The molecule has 0 bridgehead atoms. The Hall–Kier alpha value is -3.62. The van der Waals surface area contributed by atoms with Gasteiger partial charge in [0.15, 0.2) is 0 Å². The topological polar surface area (TPSA) is 97.0 Å². The summed E-state index contributed by atoms with van der Waals surface area (Å²) in [6.45, 7) is 3.98. The van der Waals surface area contributed by atoms with Gasteiger partial charge in [-0.1, -0.05) is 12.1 Å². The monoisotopic (exact) mass is 410 g/mol. The minimum absolute atomic E-state index is 0.113. The van der Waals surface area contributed by atoms with E-state index >= 15 is 0 Å². The lowest BCUT2D eigenvalue weighted by Crippen LogP contribution is -2.26. The molecule has 0 aliphatic carbocycles. The van der Waals surface area contributed by atoms with Crippen molar-refractivity contribution in [2.45, 2.75) is 32.9 Å². The van der Waals surface area contributed by atoms with E-state index in [1.165, 1.54) is 18.2 Å². The number of carbonyl (C=O) groups excluding carboxylic acids is 1. The van der Waals surface area contributed by atoms with Gasteiger partial charge in [-0.2, -0.15) is 15.0 Å². The highest BCUT2D eigenvalue weighted by Crippen LogP contribution is 2.39. The van der Waals surface area contributed by atoms with E-state index in [1.807, 2.05) is 6.92 Å². The van der Waals surface area contributed by atoms with Crippen LogP contribution in [-0.2, 0) is 13.0 Å². The van der Waals surface area contributed by atoms with E-state index in [9.17, 15) is 13.6 Å². The number of nitrogens with zero attached hydrogens (tertiary/aromatic N) is 4. The van der Waals surface area contributed by atoms with Gasteiger partial charge in [-0.25, -0.2) is 8.78 Å². The van der Waals surface area contributed by atoms with Gasteiger partial charge >= 0.3 is 0 Å². The number of anilines is 3. The number of fused-ring (bicyclic) bond motifs is 1. The van der Waals surface area contributed by atoms with Crippen LogP contribution in [0.2, 0.25) is 0 Å². The molecule has 4 rings (SSSR count). The van der Waals surface area contributed by atoms with Gasteiger partial charge in [0, 0.05) is 18.2 Å². The number of nitrogens with one attached hydrogen (secondary N) is 1. The van der Waals surface area contributed by atoms with Crippen molar-refractivity contribution < 1.29 is 13.6 Å². The first-order valence-electron chi connectivity index (χ1n) is 9.44. The van der Waals surface area contributed by atoms with Gasteiger partial charge in [0.25, 0.3) is 0 Å². The standard InChI is InChI=1S/C21H20F2N6O/c1-11-6-16-17(19(24)30)8-15(23)9-18(16)29(11)21-27-12(2)26-20(28-21)25-10-13-4-3-5-14(22)7-13/h3-5,7-9,11H,6,10H2,1-2H3,(H2,24,30)(H,25,26,27,28). The molecule has 1 unspecified atom stereocenters. The third kappa shape index (κ3) is 3.78. The summed E-state index contributed by atoms with van der Waals surface area (Å²) in [5.74, 6) is -0.447. The molecule has 3 aromatic rings. The first-order valence-corrected chi connectivity index (χ1v) is 9.44. The zero-order valence-corrected chi connectivity index (χ0v) is 16.5. The summed E-state index contributed by atoms with van der Waals surface area (Å²) in [6.07, 6.45) is 0.505. The highest BCUT2D eigenvalue weighted by molar-refractivity contribution is 5.97. The fraction of sp³-hybridized carbons (Fsp3) is 0.238. The van der Waals surface area contributed by atoms with Crippen molar-refractivity contribution in [3.8, 4) is 0 Å². The number of carbonyl (C=O) groups is 1. The summed E-state index contributed by atoms with van der Waals surface area (Å²) in [5, 5.41) is 3.07. The fourth-order valence-corrected chi connectivity index (χ4v) is 3.68. The SMILES string of the molecule is Cc1nc(NCc2cccc(F)c2)nc(N2c3cc(F)cc(C(N)=O)c3CC2C)n1. The Labute approximate surface area is 172 Å². The normalized spacial score (nSPS) is 15.2. The predicted octanol–water partition coefficient (Wildman–Crippen LogP) is 3.25. The molecule has 7 nitrogen and oxygen atoms in total. The van der Waals surface area contributed by atoms with Crippen molar-refractivity contribution in [3.05, 3.63) is 70.5 Å². The van der Waals surface area contributed by atoms with Gasteiger partial charge in [0.05, 0.1) is 5.69 Å². The van der Waals surface area contributed by atoms with Gasteiger partial charge in [0.1, 0.15) is 17.5 Å². The quantitative estimate of drug-likeness (QED) is 0.670. The van der Waals surface area contributed by atoms with Crippen molar-refractivity contribution in [1.82, 2.24) is 15.0 Å². The Morgan fingerprint density at radius 2 is 2.00 bits per heavy atom. The Kier molecular flexibility index (Phi) is 5.03. The smallest absolute Gasteiger partial charge is 0.249 e. The molecule has 0 radical (unpaired) electrons. The molecule has 0 spiro atoms. The Morgan fingerprint density at radius 3 is 2.73 bits per heavy atom. The maximum atomic E-state index is 14.2. The second-order valence-corrected chi connectivity index (χ2v) is 7.23. The lowest BCUT2D eigenvalue weighted by atomic mass is 10.0. The van der Waals surface area contributed by atoms with Gasteiger partial charge in [-0.15, -0.1) is 0 Å². The average molecular weight is 410 g/mol. The van der Waals surface area contributed by atoms with Crippen LogP contribution in [-0.4, -0.2) is 26.9 Å². The van der Waals surface area contributed by atoms with Crippen LogP contribution in [0.5, 0.6) is 0 Å². The lowest BCUT2D eigenvalue weighted by molar-refractivity contribution is 0.0999. The number of primary amides is 1. The molecule has 2 aromatic carbocycles. The molecule has 1 atom stereocenters. The van der Waals surface area contributed by atoms with Crippen LogP contribution in [0.3, 0.4) is 0 Å². The zero-order valence-electron chi connectivity index (χ0n) is 16.5. The zero-order chi connectivity index (χ0) is 21.4. The summed E-state index contributed by atoms with van der Waals surface area (Å²) < 4.78 is 27.6.